The van der Waals surface area contributed by atoms with E-state index in [0.29, 0.717) is 0 Å². The van der Waals surface area contributed by atoms with Crippen LogP contribution in [-0.4, -0.2) is 5.01 Å². The van der Waals surface area contributed by atoms with Crippen LogP contribution in [0.4, 0.5) is 0 Å². The van der Waals surface area contributed by atoms with E-state index >= 15 is 0 Å². The molecule has 1 heterocycles. The molecule has 0 atom stereocenters. The number of nitrogens with one attached hydrogen (secondary N) is 1. The number of benzene rings is 1. The molecule has 1 aliphatic rings. The summed E-state index contributed by atoms with van der Waals surface area (Å²) < 4.78 is 0. The van der Waals surface area contributed by atoms with Crippen LogP contribution >= 0.6 is 0 Å². The largest absolute Gasteiger partial charge is 0.298 e. The lowest BCUT2D eigenvalue weighted by Gasteiger charge is -2.15. The summed E-state index contributed by atoms with van der Waals surface area (Å²) in [6.45, 7) is 0.879. The third-order valence-corrected chi connectivity index (χ3v) is 1.74. The highest BCUT2D eigenvalue weighted by molar-refractivity contribution is 5.15. The summed E-state index contributed by atoms with van der Waals surface area (Å²) >= 11 is 0. The van der Waals surface area contributed by atoms with E-state index in [9.17, 15) is 0 Å². The molecule has 0 saturated carbocycles. The summed E-state index contributed by atoms with van der Waals surface area (Å²) in [4.78, 5) is 0. The number of hydrazine groups is 1. The van der Waals surface area contributed by atoms with Gasteiger partial charge in [0, 0.05) is 0 Å². The molecule has 2 nitrogen and oxygen atoms in total. The van der Waals surface area contributed by atoms with Crippen molar-refractivity contribution in [2.24, 2.45) is 0 Å². The molecule has 1 aliphatic heterocycles. The number of hydrogen-bond donors (Lipinski definition) is 1. The van der Waals surface area contributed by atoms with Crippen molar-refractivity contribution in [3.05, 3.63) is 54.0 Å². The predicted octanol–water partition coefficient (Wildman–Crippen LogP) is 1.63. The molecule has 1 aromatic carbocycles. The van der Waals surface area contributed by atoms with Crippen LogP contribution in [0.15, 0.2) is 48.5 Å². The van der Waals surface area contributed by atoms with E-state index in [0.717, 1.165) is 6.54 Å². The molecule has 1 aromatic rings. The smallest absolute Gasteiger partial charge is 0.0648 e. The zero-order chi connectivity index (χ0) is 8.23. The summed E-state index contributed by atoms with van der Waals surface area (Å²) in [6, 6.07) is 10.3. The van der Waals surface area contributed by atoms with Gasteiger partial charge >= 0.3 is 0 Å². The van der Waals surface area contributed by atoms with Crippen molar-refractivity contribution < 1.29 is 0 Å². The maximum absolute atomic E-state index is 3.05. The van der Waals surface area contributed by atoms with Crippen LogP contribution in [0.3, 0.4) is 0 Å². The van der Waals surface area contributed by atoms with Gasteiger partial charge in [0.25, 0.3) is 0 Å². The Morgan fingerprint density at radius 3 is 2.75 bits per heavy atom. The van der Waals surface area contributed by atoms with E-state index in [-0.39, 0.29) is 0 Å². The van der Waals surface area contributed by atoms with Crippen LogP contribution in [0.5, 0.6) is 0 Å². The van der Waals surface area contributed by atoms with E-state index in [1.807, 2.05) is 29.4 Å². The Morgan fingerprint density at radius 1 is 1.25 bits per heavy atom. The zero-order valence-corrected chi connectivity index (χ0v) is 6.70. The molecule has 0 saturated heterocycles. The minimum absolute atomic E-state index is 0.879. The highest BCUT2D eigenvalue weighted by Gasteiger charge is 1.99. The van der Waals surface area contributed by atoms with Crippen LogP contribution in [0.1, 0.15) is 5.56 Å². The first kappa shape index (κ1) is 7.01. The van der Waals surface area contributed by atoms with Gasteiger partial charge in [-0.15, -0.1) is 0 Å². The van der Waals surface area contributed by atoms with E-state index in [1.54, 1.807) is 6.20 Å². The summed E-state index contributed by atoms with van der Waals surface area (Å²) in [5.74, 6) is 0. The Balaban J connectivity index is 2.00. The third-order valence-electron chi connectivity index (χ3n) is 1.74. The first-order valence-electron chi connectivity index (χ1n) is 3.93. The maximum atomic E-state index is 3.05. The lowest BCUT2D eigenvalue weighted by molar-refractivity contribution is 0.320. The van der Waals surface area contributed by atoms with Gasteiger partial charge in [0.1, 0.15) is 0 Å². The van der Waals surface area contributed by atoms with Gasteiger partial charge in [0.2, 0.25) is 0 Å². The molecular formula is C10H10N2. The van der Waals surface area contributed by atoms with Gasteiger partial charge in [-0.25, -0.2) is 0 Å². The Hall–Kier alpha value is -1.66. The molecule has 2 rings (SSSR count). The lowest BCUT2D eigenvalue weighted by Crippen LogP contribution is -2.25. The standard InChI is InChI=1S/C10H10N2/c1-2-5-10(6-3-1)9-12-8-4-7-11-12/h1-3,5-8,11H,9H2. The van der Waals surface area contributed by atoms with E-state index < -0.39 is 0 Å². The quantitative estimate of drug-likeness (QED) is 0.658. The summed E-state index contributed by atoms with van der Waals surface area (Å²) in [6.07, 6.45) is 3.69. The van der Waals surface area contributed by atoms with Crippen molar-refractivity contribution in [2.75, 3.05) is 0 Å². The van der Waals surface area contributed by atoms with Crippen molar-refractivity contribution in [2.45, 2.75) is 6.54 Å². The second kappa shape index (κ2) is 3.16. The highest BCUT2D eigenvalue weighted by Crippen LogP contribution is 2.03. The highest BCUT2D eigenvalue weighted by atomic mass is 15.5. The van der Waals surface area contributed by atoms with Gasteiger partial charge in [-0.05, 0) is 5.56 Å². The second-order valence-corrected chi connectivity index (χ2v) is 2.68. The Labute approximate surface area is 71.8 Å². The van der Waals surface area contributed by atoms with Gasteiger partial charge in [0.15, 0.2) is 0 Å². The summed E-state index contributed by atoms with van der Waals surface area (Å²) in [7, 11) is 0. The molecule has 0 aromatic heterocycles. The average molecular weight is 158 g/mol. The van der Waals surface area contributed by atoms with E-state index in [4.69, 9.17) is 0 Å². The van der Waals surface area contributed by atoms with Crippen LogP contribution in [0.25, 0.3) is 0 Å². The molecule has 1 N–H and O–H groups in total. The Bertz CT molecular complexity index is 310. The summed E-state index contributed by atoms with van der Waals surface area (Å²) in [5.41, 5.74) is 7.29. The van der Waals surface area contributed by atoms with Crippen molar-refractivity contribution in [3.63, 3.8) is 0 Å². The average Bonchev–Trinajstić information content (AvgIpc) is 2.59. The molecule has 0 spiro atoms. The van der Waals surface area contributed by atoms with Crippen molar-refractivity contribution in [3.8, 4) is 0 Å². The predicted molar refractivity (Wildman–Crippen MR) is 47.8 cm³/mol. The van der Waals surface area contributed by atoms with E-state index in [1.165, 1.54) is 5.56 Å². The topological polar surface area (TPSA) is 15.3 Å². The Morgan fingerprint density at radius 2 is 2.08 bits per heavy atom. The third kappa shape index (κ3) is 1.49. The monoisotopic (exact) mass is 158 g/mol. The minimum Gasteiger partial charge on any atom is -0.298 e. The van der Waals surface area contributed by atoms with Crippen LogP contribution in [0, 0.1) is 0 Å². The van der Waals surface area contributed by atoms with Gasteiger partial charge in [-0.3, -0.25) is 10.4 Å². The molecule has 0 radical (unpaired) electrons. The molecule has 0 unspecified atom stereocenters. The maximum Gasteiger partial charge on any atom is 0.0648 e. The van der Waals surface area contributed by atoms with Crippen molar-refractivity contribution >= 4 is 0 Å². The van der Waals surface area contributed by atoms with Crippen LogP contribution in [0.2, 0.25) is 0 Å². The molecule has 0 fully saturated rings. The van der Waals surface area contributed by atoms with E-state index in [2.05, 4.69) is 23.3 Å². The number of hydrogen-bond acceptors (Lipinski definition) is 2. The van der Waals surface area contributed by atoms with Gasteiger partial charge in [-0.1, -0.05) is 36.1 Å². The molecule has 0 bridgehead atoms. The number of rotatable bonds is 2. The second-order valence-electron chi connectivity index (χ2n) is 2.68. The minimum atomic E-state index is 0.879. The molecule has 0 amide bonds. The normalized spacial score (nSPS) is 13.5. The first-order valence-corrected chi connectivity index (χ1v) is 3.93. The fraction of sp³-hybridized carbons (Fsp3) is 0.100. The summed E-state index contributed by atoms with van der Waals surface area (Å²) in [5, 5.41) is 1.98. The van der Waals surface area contributed by atoms with Gasteiger partial charge in [0.05, 0.1) is 18.9 Å². The molecule has 0 aliphatic carbocycles. The fourth-order valence-electron chi connectivity index (χ4n) is 1.16. The zero-order valence-electron chi connectivity index (χ0n) is 6.70. The number of nitrogens with zero attached hydrogens (tertiary/aromatic N) is 1. The van der Waals surface area contributed by atoms with Gasteiger partial charge in [-0.2, -0.15) is 0 Å². The SMILES string of the molecule is C1=CNN(Cc2ccccc2)C=1. The molecule has 60 valence electrons. The fourth-order valence-corrected chi connectivity index (χ4v) is 1.16. The Kier molecular flexibility index (Phi) is 1.85. The van der Waals surface area contributed by atoms with Crippen LogP contribution in [-0.2, 0) is 6.54 Å². The molecule has 2 heteroatoms. The lowest BCUT2D eigenvalue weighted by atomic mass is 10.2. The van der Waals surface area contributed by atoms with Crippen molar-refractivity contribution in [1.29, 1.82) is 0 Å². The molecule has 12 heavy (non-hydrogen) atoms. The van der Waals surface area contributed by atoms with Crippen LogP contribution < -0.4 is 5.43 Å². The molecular weight excluding hydrogens is 148 g/mol. The van der Waals surface area contributed by atoms with Crippen molar-refractivity contribution in [1.82, 2.24) is 10.4 Å². The first-order chi connectivity index (χ1) is 5.95. The van der Waals surface area contributed by atoms with Gasteiger partial charge < -0.3 is 0 Å².